The Labute approximate surface area is 126 Å². The molecule has 1 aliphatic carbocycles. The normalized spacial score (nSPS) is 23.9. The number of nitrogens with one attached hydrogen (secondary N) is 1. The summed E-state index contributed by atoms with van der Waals surface area (Å²) in [6.45, 7) is 0. The molecule has 1 fully saturated rings. The predicted molar refractivity (Wildman–Crippen MR) is 77.5 cm³/mol. The highest BCUT2D eigenvalue weighted by molar-refractivity contribution is 6.21. The standard InChI is InChI=1S/C15H13N5O2/c21-13-10-5-1-2-6-11(10)14(22)20(13)15-17-12(18-19-15)9-4-3-7-16-8-9/h1-4,7-8,10-11H,5-6H2,(H,17,18,19)/t10-,11+. The van der Waals surface area contributed by atoms with Gasteiger partial charge in [-0.2, -0.15) is 4.98 Å². The molecule has 0 aromatic carbocycles. The highest BCUT2D eigenvalue weighted by Gasteiger charge is 2.49. The molecule has 1 N–H and O–H groups in total. The lowest BCUT2D eigenvalue weighted by Crippen LogP contribution is -2.31. The average molecular weight is 295 g/mol. The van der Waals surface area contributed by atoms with E-state index in [9.17, 15) is 9.59 Å². The lowest BCUT2D eigenvalue weighted by Gasteiger charge is -2.14. The fourth-order valence-corrected chi connectivity index (χ4v) is 2.98. The molecule has 0 spiro atoms. The molecule has 7 heteroatoms. The number of hydrogen-bond acceptors (Lipinski definition) is 5. The minimum atomic E-state index is -0.280. The first-order valence-corrected chi connectivity index (χ1v) is 7.11. The molecular formula is C15H13N5O2. The topological polar surface area (TPSA) is 91.8 Å². The van der Waals surface area contributed by atoms with Crippen LogP contribution in [-0.2, 0) is 9.59 Å². The van der Waals surface area contributed by atoms with Crippen molar-refractivity contribution in [1.82, 2.24) is 20.2 Å². The van der Waals surface area contributed by atoms with E-state index in [0.717, 1.165) is 10.5 Å². The Morgan fingerprint density at radius 1 is 1.14 bits per heavy atom. The van der Waals surface area contributed by atoms with E-state index in [1.165, 1.54) is 0 Å². The van der Waals surface area contributed by atoms with Gasteiger partial charge in [0.05, 0.1) is 11.8 Å². The molecule has 2 aromatic rings. The first-order valence-electron chi connectivity index (χ1n) is 7.11. The number of fused-ring (bicyclic) bond motifs is 1. The molecule has 2 aliphatic rings. The molecule has 4 rings (SSSR count). The van der Waals surface area contributed by atoms with Crippen LogP contribution in [0.15, 0.2) is 36.7 Å². The first-order chi connectivity index (χ1) is 10.8. The number of rotatable bonds is 2. The van der Waals surface area contributed by atoms with E-state index < -0.39 is 0 Å². The number of hydrogen-bond donors (Lipinski definition) is 1. The van der Waals surface area contributed by atoms with Crippen LogP contribution in [0.3, 0.4) is 0 Å². The van der Waals surface area contributed by atoms with E-state index in [1.54, 1.807) is 18.5 Å². The SMILES string of the molecule is O=C1[C@H]2CC=CC[C@H]2C(=O)N1c1n[nH]c(-c2cccnc2)n1. The lowest BCUT2D eigenvalue weighted by molar-refractivity contribution is -0.122. The van der Waals surface area contributed by atoms with Crippen molar-refractivity contribution in [1.29, 1.82) is 0 Å². The number of pyridine rings is 1. The Morgan fingerprint density at radius 2 is 1.86 bits per heavy atom. The Balaban J connectivity index is 1.67. The number of imide groups is 1. The fourth-order valence-electron chi connectivity index (χ4n) is 2.98. The van der Waals surface area contributed by atoms with E-state index in [0.29, 0.717) is 18.7 Å². The molecule has 2 amide bonds. The summed E-state index contributed by atoms with van der Waals surface area (Å²) in [6.07, 6.45) is 8.41. The van der Waals surface area contributed by atoms with E-state index in [4.69, 9.17) is 0 Å². The second-order valence-corrected chi connectivity index (χ2v) is 5.39. The molecule has 2 aromatic heterocycles. The smallest absolute Gasteiger partial charge is 0.258 e. The molecule has 22 heavy (non-hydrogen) atoms. The fraction of sp³-hybridized carbons (Fsp3) is 0.267. The van der Waals surface area contributed by atoms with Crippen molar-refractivity contribution < 1.29 is 9.59 Å². The second-order valence-electron chi connectivity index (χ2n) is 5.39. The maximum atomic E-state index is 12.5. The van der Waals surface area contributed by atoms with Gasteiger partial charge in [-0.05, 0) is 25.0 Å². The zero-order valence-electron chi connectivity index (χ0n) is 11.6. The Hall–Kier alpha value is -2.83. The minimum absolute atomic E-state index is 0.114. The van der Waals surface area contributed by atoms with Gasteiger partial charge in [0.15, 0.2) is 5.82 Å². The van der Waals surface area contributed by atoms with Crippen LogP contribution in [0.4, 0.5) is 5.95 Å². The van der Waals surface area contributed by atoms with Crippen molar-refractivity contribution in [3.63, 3.8) is 0 Å². The van der Waals surface area contributed by atoms with E-state index in [2.05, 4.69) is 20.2 Å². The van der Waals surface area contributed by atoms with Gasteiger partial charge in [-0.15, -0.1) is 5.10 Å². The van der Waals surface area contributed by atoms with Gasteiger partial charge in [-0.1, -0.05) is 12.2 Å². The van der Waals surface area contributed by atoms with Gasteiger partial charge in [0.2, 0.25) is 11.8 Å². The van der Waals surface area contributed by atoms with Crippen LogP contribution in [0.2, 0.25) is 0 Å². The molecule has 110 valence electrons. The summed E-state index contributed by atoms with van der Waals surface area (Å²) < 4.78 is 0. The first kappa shape index (κ1) is 12.9. The van der Waals surface area contributed by atoms with Crippen molar-refractivity contribution in [2.75, 3.05) is 4.90 Å². The number of carbonyl (C=O) groups is 2. The number of H-pyrrole nitrogens is 1. The number of anilines is 1. The van der Waals surface area contributed by atoms with Crippen LogP contribution in [-0.4, -0.2) is 32.0 Å². The maximum absolute atomic E-state index is 12.5. The number of nitrogens with zero attached hydrogens (tertiary/aromatic N) is 4. The summed E-state index contributed by atoms with van der Waals surface area (Å²) in [6, 6.07) is 3.61. The molecule has 2 atom stereocenters. The van der Waals surface area contributed by atoms with Gasteiger partial charge in [0.1, 0.15) is 0 Å². The van der Waals surface area contributed by atoms with Gasteiger partial charge in [0, 0.05) is 18.0 Å². The van der Waals surface area contributed by atoms with E-state index in [1.807, 2.05) is 18.2 Å². The van der Waals surface area contributed by atoms with Gasteiger partial charge >= 0.3 is 0 Å². The maximum Gasteiger partial charge on any atom is 0.258 e. The van der Waals surface area contributed by atoms with Gasteiger partial charge in [-0.3, -0.25) is 19.7 Å². The summed E-state index contributed by atoms with van der Waals surface area (Å²) in [5.41, 5.74) is 0.749. The third-order valence-corrected chi connectivity index (χ3v) is 4.12. The quantitative estimate of drug-likeness (QED) is 0.666. The molecule has 0 unspecified atom stereocenters. The molecule has 1 saturated heterocycles. The average Bonchev–Trinajstić information content (AvgIpc) is 3.13. The third-order valence-electron chi connectivity index (χ3n) is 4.12. The molecule has 0 saturated carbocycles. The number of carbonyl (C=O) groups excluding carboxylic acids is 2. The Kier molecular flexibility index (Phi) is 2.85. The Morgan fingerprint density at radius 3 is 2.50 bits per heavy atom. The second kappa shape index (κ2) is 4.87. The summed E-state index contributed by atoms with van der Waals surface area (Å²) in [5, 5.41) is 6.79. The van der Waals surface area contributed by atoms with Crippen LogP contribution in [0.1, 0.15) is 12.8 Å². The van der Waals surface area contributed by atoms with Crippen molar-refractivity contribution in [3.8, 4) is 11.4 Å². The van der Waals surface area contributed by atoms with Crippen LogP contribution in [0.5, 0.6) is 0 Å². The number of aromatic amines is 1. The number of allylic oxidation sites excluding steroid dienone is 2. The van der Waals surface area contributed by atoms with Crippen molar-refractivity contribution >= 4 is 17.8 Å². The summed E-state index contributed by atoms with van der Waals surface area (Å²) in [7, 11) is 0. The monoisotopic (exact) mass is 295 g/mol. The summed E-state index contributed by atoms with van der Waals surface area (Å²) in [5.74, 6) is -0.386. The van der Waals surface area contributed by atoms with Gasteiger partial charge in [0.25, 0.3) is 5.95 Å². The summed E-state index contributed by atoms with van der Waals surface area (Å²) >= 11 is 0. The van der Waals surface area contributed by atoms with Gasteiger partial charge < -0.3 is 0 Å². The summed E-state index contributed by atoms with van der Waals surface area (Å²) in [4.78, 5) is 34.3. The molecule has 3 heterocycles. The zero-order valence-corrected chi connectivity index (χ0v) is 11.6. The molecule has 7 nitrogen and oxygen atoms in total. The van der Waals surface area contributed by atoms with Crippen LogP contribution >= 0.6 is 0 Å². The lowest BCUT2D eigenvalue weighted by atomic mass is 9.85. The molecule has 0 bridgehead atoms. The van der Waals surface area contributed by atoms with Crippen LogP contribution < -0.4 is 4.90 Å². The van der Waals surface area contributed by atoms with Crippen LogP contribution in [0, 0.1) is 11.8 Å². The number of aromatic nitrogens is 4. The minimum Gasteiger partial charge on any atom is -0.274 e. The van der Waals surface area contributed by atoms with Crippen molar-refractivity contribution in [3.05, 3.63) is 36.7 Å². The molecule has 1 aliphatic heterocycles. The molecular weight excluding hydrogens is 282 g/mol. The largest absolute Gasteiger partial charge is 0.274 e. The zero-order chi connectivity index (χ0) is 15.1. The van der Waals surface area contributed by atoms with Crippen molar-refractivity contribution in [2.45, 2.75) is 12.8 Å². The third kappa shape index (κ3) is 1.86. The van der Waals surface area contributed by atoms with E-state index >= 15 is 0 Å². The predicted octanol–water partition coefficient (Wildman–Crippen LogP) is 1.32. The Bertz CT molecular complexity index is 741. The highest BCUT2D eigenvalue weighted by Crippen LogP contribution is 2.36. The molecule has 0 radical (unpaired) electrons. The van der Waals surface area contributed by atoms with Crippen LogP contribution in [0.25, 0.3) is 11.4 Å². The van der Waals surface area contributed by atoms with Crippen molar-refractivity contribution in [2.24, 2.45) is 11.8 Å². The van der Waals surface area contributed by atoms with E-state index in [-0.39, 0.29) is 29.6 Å². The highest BCUT2D eigenvalue weighted by atomic mass is 16.2. The number of amides is 2. The van der Waals surface area contributed by atoms with Gasteiger partial charge in [-0.25, -0.2) is 4.90 Å².